The molecule has 0 aliphatic heterocycles. The molecule has 0 N–H and O–H groups in total. The van der Waals surface area contributed by atoms with E-state index in [9.17, 15) is 0 Å². The Labute approximate surface area is 340 Å². The van der Waals surface area contributed by atoms with Crippen LogP contribution in [0.4, 0.5) is 0 Å². The number of ether oxygens (including phenoxy) is 4. The molecule has 0 saturated carbocycles. The lowest BCUT2D eigenvalue weighted by Crippen LogP contribution is -2.17. The normalized spacial score (nSPS) is 14.1. The summed E-state index contributed by atoms with van der Waals surface area (Å²) < 4.78 is 28.6. The predicted octanol–water partition coefficient (Wildman–Crippen LogP) is 15.3. The Morgan fingerprint density at radius 2 is 0.554 bits per heavy atom. The number of hydrogen-bond acceptors (Lipinski definition) is 4. The second-order valence-corrected chi connectivity index (χ2v) is 16.8. The van der Waals surface area contributed by atoms with Crippen LogP contribution >= 0.6 is 0 Å². The summed E-state index contributed by atoms with van der Waals surface area (Å²) in [5.41, 5.74) is 0. The summed E-state index contributed by atoms with van der Waals surface area (Å²) in [6, 6.07) is 17.6. The van der Waals surface area contributed by atoms with Gasteiger partial charge in [0.1, 0.15) is 23.0 Å². The Kier molecular flexibility index (Phi) is 17.6. The van der Waals surface area contributed by atoms with Crippen molar-refractivity contribution < 1.29 is 18.9 Å². The number of benzene rings is 4. The van der Waals surface area contributed by atoms with Gasteiger partial charge in [-0.3, -0.25) is 0 Å². The number of hydrogen-bond donors (Lipinski definition) is 0. The van der Waals surface area contributed by atoms with Crippen LogP contribution in [-0.2, 0) is 0 Å². The minimum absolute atomic E-state index is 0.507. The van der Waals surface area contributed by atoms with Gasteiger partial charge in [0, 0.05) is 42.4 Å². The average Bonchev–Trinajstić information content (AvgIpc) is 3.23. The van der Waals surface area contributed by atoms with Gasteiger partial charge in [-0.15, -0.1) is 0 Å². The van der Waals surface area contributed by atoms with E-state index >= 15 is 0 Å². The van der Waals surface area contributed by atoms with Crippen molar-refractivity contribution in [2.75, 3.05) is 26.4 Å². The third kappa shape index (κ3) is 10.2. The van der Waals surface area contributed by atoms with Crippen molar-refractivity contribution in [1.29, 1.82) is 0 Å². The summed E-state index contributed by atoms with van der Waals surface area (Å²) in [5.74, 6) is 5.93. The van der Waals surface area contributed by atoms with E-state index < -0.39 is 0 Å². The molecule has 1 aliphatic rings. The van der Waals surface area contributed by atoms with Gasteiger partial charge in [-0.1, -0.05) is 181 Å². The molecule has 56 heavy (non-hydrogen) atoms. The molecule has 4 aromatic carbocycles. The summed E-state index contributed by atoms with van der Waals surface area (Å²) >= 11 is 0. The molecule has 0 fully saturated rings. The molecule has 0 heterocycles. The zero-order valence-electron chi connectivity index (χ0n) is 36.7. The fraction of sp³-hybridized carbons (Fsp3) is 0.615. The molecule has 4 unspecified atom stereocenters. The fourth-order valence-electron chi connectivity index (χ4n) is 8.64. The van der Waals surface area contributed by atoms with E-state index in [0.717, 1.165) is 91.1 Å². The van der Waals surface area contributed by atoms with Gasteiger partial charge in [0.2, 0.25) is 0 Å². The molecular formula is C52H76O4. The van der Waals surface area contributed by atoms with E-state index in [1.807, 2.05) is 0 Å². The standard InChI is InChI=1S/C52H76O4/c1-9-17-25-37(13-5)33-53-49-41-29-21-22-30-42(41)50(54-34-38(14-6)26-18-10-2)46-45(49)47-48(46)52(56-36-40(16-8)28-20-12-4)44-32-24-23-31-43(44)51(47)55-35-39(15-7)27-19-11-3/h21-24,29-32,37-40H,9-20,25-28,33-36H2,1-8H3. The van der Waals surface area contributed by atoms with Crippen molar-refractivity contribution >= 4 is 21.5 Å². The molecule has 308 valence electrons. The van der Waals surface area contributed by atoms with Gasteiger partial charge in [0.05, 0.1) is 26.4 Å². The Hall–Kier alpha value is -3.40. The largest absolute Gasteiger partial charge is 0.492 e. The van der Waals surface area contributed by atoms with Crippen LogP contribution in [0.25, 0.3) is 21.5 Å². The molecule has 5 rings (SSSR count). The highest BCUT2D eigenvalue weighted by Crippen LogP contribution is 2.47. The molecule has 0 radical (unpaired) electrons. The van der Waals surface area contributed by atoms with E-state index in [-0.39, 0.29) is 0 Å². The van der Waals surface area contributed by atoms with Crippen molar-refractivity contribution in [1.82, 2.24) is 0 Å². The molecule has 0 aromatic heterocycles. The smallest absolute Gasteiger partial charge is 0.136 e. The Bertz CT molecular complexity index is 1690. The fourth-order valence-corrected chi connectivity index (χ4v) is 8.64. The molecule has 0 spiro atoms. The van der Waals surface area contributed by atoms with Crippen molar-refractivity contribution in [3.8, 4) is 23.0 Å². The summed E-state index contributed by atoms with van der Waals surface area (Å²) in [6.45, 7) is 21.2. The third-order valence-corrected chi connectivity index (χ3v) is 12.8. The summed E-state index contributed by atoms with van der Waals surface area (Å²) in [5, 5.41) is 9.08. The first-order valence-electron chi connectivity index (χ1n) is 23.2. The van der Waals surface area contributed by atoms with E-state index in [4.69, 9.17) is 18.9 Å². The highest BCUT2D eigenvalue weighted by atomic mass is 16.5. The van der Waals surface area contributed by atoms with Crippen molar-refractivity contribution in [2.24, 2.45) is 23.7 Å². The molecular weight excluding hydrogens is 689 g/mol. The van der Waals surface area contributed by atoms with Crippen molar-refractivity contribution in [2.45, 2.75) is 158 Å². The summed E-state index contributed by atoms with van der Waals surface area (Å²) in [4.78, 5) is 0. The molecule has 1 aliphatic carbocycles. The predicted molar refractivity (Wildman–Crippen MR) is 238 cm³/mol. The van der Waals surface area contributed by atoms with Crippen LogP contribution in [0.5, 0.6) is 23.0 Å². The molecule has 4 nitrogen and oxygen atoms in total. The first-order valence-corrected chi connectivity index (χ1v) is 23.2. The van der Waals surface area contributed by atoms with E-state index in [1.165, 1.54) is 77.0 Å². The first kappa shape index (κ1) is 43.7. The zero-order chi connectivity index (χ0) is 39.9. The maximum Gasteiger partial charge on any atom is 0.136 e. The van der Waals surface area contributed by atoms with Crippen LogP contribution < -0.4 is 18.9 Å². The van der Waals surface area contributed by atoms with Crippen LogP contribution in [0, 0.1) is 44.5 Å². The highest BCUT2D eigenvalue weighted by molar-refractivity contribution is 5.98. The zero-order valence-corrected chi connectivity index (χ0v) is 36.7. The van der Waals surface area contributed by atoms with Crippen LogP contribution in [0.15, 0.2) is 48.5 Å². The number of fused-ring (bicyclic) bond motifs is 4. The van der Waals surface area contributed by atoms with Crippen LogP contribution in [-0.4, -0.2) is 26.4 Å². The maximum absolute atomic E-state index is 7.16. The van der Waals surface area contributed by atoms with Gasteiger partial charge >= 0.3 is 0 Å². The number of unbranched alkanes of at least 4 members (excludes halogenated alkanes) is 4. The number of rotatable bonds is 28. The van der Waals surface area contributed by atoms with Gasteiger partial charge in [0.25, 0.3) is 0 Å². The second kappa shape index (κ2) is 22.5. The monoisotopic (exact) mass is 765 g/mol. The van der Waals surface area contributed by atoms with E-state index in [1.54, 1.807) is 0 Å². The second-order valence-electron chi connectivity index (χ2n) is 16.8. The Morgan fingerprint density at radius 1 is 0.339 bits per heavy atom. The molecule has 4 atom stereocenters. The average molecular weight is 765 g/mol. The van der Waals surface area contributed by atoms with Gasteiger partial charge in [-0.05, 0) is 49.4 Å². The van der Waals surface area contributed by atoms with E-state index in [0.29, 0.717) is 50.1 Å². The lowest BCUT2D eigenvalue weighted by atomic mass is 9.90. The van der Waals surface area contributed by atoms with Gasteiger partial charge in [-0.25, -0.2) is 0 Å². The minimum atomic E-state index is 0.507. The van der Waals surface area contributed by atoms with Crippen molar-refractivity contribution in [3.05, 3.63) is 69.4 Å². The molecule has 0 saturated heterocycles. The topological polar surface area (TPSA) is 36.9 Å². The van der Waals surface area contributed by atoms with E-state index in [2.05, 4.69) is 104 Å². The van der Waals surface area contributed by atoms with Crippen LogP contribution in [0.1, 0.15) is 158 Å². The van der Waals surface area contributed by atoms with Crippen LogP contribution in [0.2, 0.25) is 0 Å². The van der Waals surface area contributed by atoms with Gasteiger partial charge in [-0.2, -0.15) is 0 Å². The molecule has 4 heteroatoms. The summed E-state index contributed by atoms with van der Waals surface area (Å²) in [6.07, 6.45) is 18.9. The lowest BCUT2D eigenvalue weighted by Gasteiger charge is -2.26. The summed E-state index contributed by atoms with van der Waals surface area (Å²) in [7, 11) is 0. The van der Waals surface area contributed by atoms with Gasteiger partial charge < -0.3 is 18.9 Å². The quantitative estimate of drug-likeness (QED) is 0.0508. The molecule has 0 bridgehead atoms. The van der Waals surface area contributed by atoms with Crippen molar-refractivity contribution in [3.63, 3.8) is 0 Å². The Morgan fingerprint density at radius 3 is 0.732 bits per heavy atom. The third-order valence-electron chi connectivity index (χ3n) is 12.8. The molecule has 4 aromatic rings. The highest BCUT2D eigenvalue weighted by Gasteiger charge is 2.28. The van der Waals surface area contributed by atoms with Crippen LogP contribution in [0.3, 0.4) is 0 Å². The SMILES string of the molecule is CCCCC(CC)COc1c2c(c(OCC(CC)CCCC)c3ccccc13)=c1c(OCC(CC)CCCC)c3ccccc3c(OCC(CC)CCCC)c1=2. The first-order chi connectivity index (χ1) is 27.5. The Balaban J connectivity index is 1.84. The maximum atomic E-state index is 7.16. The molecule has 0 amide bonds. The minimum Gasteiger partial charge on any atom is -0.492 e. The van der Waals surface area contributed by atoms with Gasteiger partial charge in [0.15, 0.2) is 0 Å². The lowest BCUT2D eigenvalue weighted by molar-refractivity contribution is 0.223.